The molecular formula is C22H25NO5. The second-order valence-corrected chi connectivity index (χ2v) is 7.34. The van der Waals surface area contributed by atoms with Gasteiger partial charge in [0.15, 0.2) is 0 Å². The Hall–Kier alpha value is -3.15. The Morgan fingerprint density at radius 3 is 2.36 bits per heavy atom. The Morgan fingerprint density at radius 1 is 1.04 bits per heavy atom. The summed E-state index contributed by atoms with van der Waals surface area (Å²) in [5.41, 5.74) is 1.34. The van der Waals surface area contributed by atoms with E-state index in [0.29, 0.717) is 17.5 Å². The molecule has 2 rings (SSSR count). The molecule has 6 nitrogen and oxygen atoms in total. The molecule has 0 radical (unpaired) electrons. The summed E-state index contributed by atoms with van der Waals surface area (Å²) in [7, 11) is 0. The SMILES string of the molecule is CC(C)(C)OC(=O)c1cccc(CC(NC=O)C(=O)OCc2ccccc2)c1. The van der Waals surface area contributed by atoms with Crippen LogP contribution in [0.5, 0.6) is 0 Å². The second kappa shape index (κ2) is 9.69. The molecule has 0 aliphatic rings. The molecule has 0 fully saturated rings. The van der Waals surface area contributed by atoms with Crippen LogP contribution in [0, 0.1) is 0 Å². The van der Waals surface area contributed by atoms with Gasteiger partial charge < -0.3 is 14.8 Å². The molecule has 0 aromatic heterocycles. The molecule has 1 atom stereocenters. The number of esters is 2. The van der Waals surface area contributed by atoms with Gasteiger partial charge in [-0.25, -0.2) is 9.59 Å². The molecule has 0 heterocycles. The maximum Gasteiger partial charge on any atom is 0.338 e. The topological polar surface area (TPSA) is 81.7 Å². The van der Waals surface area contributed by atoms with Crippen molar-refractivity contribution >= 4 is 18.3 Å². The van der Waals surface area contributed by atoms with Gasteiger partial charge in [-0.2, -0.15) is 0 Å². The van der Waals surface area contributed by atoms with Crippen LogP contribution in [-0.2, 0) is 32.1 Å². The third-order valence-corrected chi connectivity index (χ3v) is 3.78. The number of carbonyl (C=O) groups is 3. The smallest absolute Gasteiger partial charge is 0.338 e. The standard InChI is InChI=1S/C22H25NO5/c1-22(2,3)28-20(25)18-11-7-10-17(12-18)13-19(23-15-24)21(26)27-14-16-8-5-4-6-9-16/h4-12,15,19H,13-14H2,1-3H3,(H,23,24). The van der Waals surface area contributed by atoms with Crippen molar-refractivity contribution in [2.45, 2.75) is 45.4 Å². The summed E-state index contributed by atoms with van der Waals surface area (Å²) in [4.78, 5) is 35.5. The molecule has 28 heavy (non-hydrogen) atoms. The van der Waals surface area contributed by atoms with Crippen LogP contribution in [0.15, 0.2) is 54.6 Å². The Labute approximate surface area is 164 Å². The van der Waals surface area contributed by atoms with E-state index in [1.54, 1.807) is 45.0 Å². The minimum absolute atomic E-state index is 0.120. The van der Waals surface area contributed by atoms with E-state index in [1.807, 2.05) is 30.3 Å². The number of benzene rings is 2. The Morgan fingerprint density at radius 2 is 1.71 bits per heavy atom. The Bertz CT molecular complexity index is 811. The number of rotatable bonds is 8. The average molecular weight is 383 g/mol. The first-order valence-corrected chi connectivity index (χ1v) is 9.01. The van der Waals surface area contributed by atoms with Crippen LogP contribution in [0.3, 0.4) is 0 Å². The predicted molar refractivity (Wildman–Crippen MR) is 105 cm³/mol. The zero-order chi connectivity index (χ0) is 20.6. The summed E-state index contributed by atoms with van der Waals surface area (Å²) in [6, 6.07) is 15.2. The van der Waals surface area contributed by atoms with Crippen molar-refractivity contribution < 1.29 is 23.9 Å². The molecule has 0 saturated carbocycles. The van der Waals surface area contributed by atoms with Crippen LogP contribution in [-0.4, -0.2) is 30.0 Å². The van der Waals surface area contributed by atoms with Crippen LogP contribution in [0.25, 0.3) is 0 Å². The molecule has 0 bridgehead atoms. The van der Waals surface area contributed by atoms with Crippen molar-refractivity contribution in [2.75, 3.05) is 0 Å². The van der Waals surface area contributed by atoms with Crippen molar-refractivity contribution in [1.82, 2.24) is 5.32 Å². The highest BCUT2D eigenvalue weighted by Crippen LogP contribution is 2.15. The van der Waals surface area contributed by atoms with Gasteiger partial charge in [0.25, 0.3) is 0 Å². The van der Waals surface area contributed by atoms with Crippen molar-refractivity contribution in [3.05, 3.63) is 71.3 Å². The molecule has 0 aliphatic heterocycles. The Kier molecular flexibility index (Phi) is 7.32. The summed E-state index contributed by atoms with van der Waals surface area (Å²) in [5.74, 6) is -0.987. The van der Waals surface area contributed by atoms with E-state index in [9.17, 15) is 14.4 Å². The van der Waals surface area contributed by atoms with Gasteiger partial charge in [0, 0.05) is 6.42 Å². The number of ether oxygens (including phenoxy) is 2. The maximum atomic E-state index is 12.4. The number of carbonyl (C=O) groups excluding carboxylic acids is 3. The van der Waals surface area contributed by atoms with Gasteiger partial charge in [0.1, 0.15) is 18.2 Å². The molecule has 0 spiro atoms. The molecule has 1 unspecified atom stereocenters. The van der Waals surface area contributed by atoms with Gasteiger partial charge in [0.2, 0.25) is 6.41 Å². The second-order valence-electron chi connectivity index (χ2n) is 7.34. The molecule has 2 aromatic carbocycles. The molecule has 6 heteroatoms. The van der Waals surface area contributed by atoms with Crippen LogP contribution >= 0.6 is 0 Å². The lowest BCUT2D eigenvalue weighted by molar-refractivity contribution is -0.148. The van der Waals surface area contributed by atoms with Gasteiger partial charge in [0.05, 0.1) is 5.56 Å². The first-order chi connectivity index (χ1) is 13.3. The van der Waals surface area contributed by atoms with Crippen molar-refractivity contribution in [3.8, 4) is 0 Å². The van der Waals surface area contributed by atoms with E-state index in [4.69, 9.17) is 9.47 Å². The normalized spacial score (nSPS) is 12.0. The summed E-state index contributed by atoms with van der Waals surface area (Å²) in [6.07, 6.45) is 0.662. The van der Waals surface area contributed by atoms with Gasteiger partial charge >= 0.3 is 11.9 Å². The molecular weight excluding hydrogens is 358 g/mol. The van der Waals surface area contributed by atoms with Gasteiger partial charge in [-0.1, -0.05) is 42.5 Å². The largest absolute Gasteiger partial charge is 0.459 e. The molecule has 0 saturated heterocycles. The van der Waals surface area contributed by atoms with Crippen molar-refractivity contribution in [1.29, 1.82) is 0 Å². The summed E-state index contributed by atoms with van der Waals surface area (Å²) in [5, 5.41) is 2.48. The summed E-state index contributed by atoms with van der Waals surface area (Å²) in [6.45, 7) is 5.50. The zero-order valence-corrected chi connectivity index (χ0v) is 16.3. The fraction of sp³-hybridized carbons (Fsp3) is 0.318. The summed E-state index contributed by atoms with van der Waals surface area (Å²) < 4.78 is 10.7. The highest BCUT2D eigenvalue weighted by Gasteiger charge is 2.22. The van der Waals surface area contributed by atoms with Gasteiger partial charge in [-0.15, -0.1) is 0 Å². The first kappa shape index (κ1) is 21.2. The Balaban J connectivity index is 2.04. The van der Waals surface area contributed by atoms with Crippen LogP contribution < -0.4 is 5.32 Å². The highest BCUT2D eigenvalue weighted by atomic mass is 16.6. The maximum absolute atomic E-state index is 12.4. The monoisotopic (exact) mass is 383 g/mol. The zero-order valence-electron chi connectivity index (χ0n) is 16.3. The lowest BCUT2D eigenvalue weighted by atomic mass is 10.0. The summed E-state index contributed by atoms with van der Waals surface area (Å²) >= 11 is 0. The van der Waals surface area contributed by atoms with E-state index in [2.05, 4.69) is 5.32 Å². The quantitative estimate of drug-likeness (QED) is 0.560. The number of hydrogen-bond acceptors (Lipinski definition) is 5. The molecule has 1 N–H and O–H groups in total. The first-order valence-electron chi connectivity index (χ1n) is 9.01. The van der Waals surface area contributed by atoms with Crippen LogP contribution in [0.4, 0.5) is 0 Å². The number of nitrogens with one attached hydrogen (secondary N) is 1. The van der Waals surface area contributed by atoms with E-state index in [1.165, 1.54) is 0 Å². The third-order valence-electron chi connectivity index (χ3n) is 3.78. The minimum Gasteiger partial charge on any atom is -0.459 e. The lowest BCUT2D eigenvalue weighted by Gasteiger charge is -2.20. The average Bonchev–Trinajstić information content (AvgIpc) is 2.65. The lowest BCUT2D eigenvalue weighted by Crippen LogP contribution is -2.39. The minimum atomic E-state index is -0.852. The van der Waals surface area contributed by atoms with E-state index in [0.717, 1.165) is 5.56 Å². The van der Waals surface area contributed by atoms with Crippen LogP contribution in [0.2, 0.25) is 0 Å². The van der Waals surface area contributed by atoms with E-state index >= 15 is 0 Å². The van der Waals surface area contributed by atoms with Crippen molar-refractivity contribution in [2.24, 2.45) is 0 Å². The molecule has 2 aromatic rings. The molecule has 0 aliphatic carbocycles. The third kappa shape index (κ3) is 6.87. The molecule has 1 amide bonds. The van der Waals surface area contributed by atoms with E-state index in [-0.39, 0.29) is 13.0 Å². The van der Waals surface area contributed by atoms with Crippen LogP contribution in [0.1, 0.15) is 42.3 Å². The van der Waals surface area contributed by atoms with E-state index < -0.39 is 23.6 Å². The predicted octanol–water partition coefficient (Wildman–Crippen LogP) is 3.04. The van der Waals surface area contributed by atoms with Gasteiger partial charge in [-0.3, -0.25) is 4.79 Å². The fourth-order valence-corrected chi connectivity index (χ4v) is 2.52. The van der Waals surface area contributed by atoms with Gasteiger partial charge in [-0.05, 0) is 44.0 Å². The highest BCUT2D eigenvalue weighted by molar-refractivity contribution is 5.90. The number of amides is 1. The number of hydrogen-bond donors (Lipinski definition) is 1. The fourth-order valence-electron chi connectivity index (χ4n) is 2.52. The molecule has 148 valence electrons. The van der Waals surface area contributed by atoms with Crippen molar-refractivity contribution in [3.63, 3.8) is 0 Å².